The first kappa shape index (κ1) is 19.8. The van der Waals surface area contributed by atoms with Gasteiger partial charge in [-0.15, -0.1) is 0 Å². The lowest BCUT2D eigenvalue weighted by atomic mass is 10.1. The minimum atomic E-state index is -1.03. The number of hydrogen-bond donors (Lipinski definition) is 3. The molecule has 0 saturated heterocycles. The fraction of sp³-hybridized carbons (Fsp3) is 0.235. The normalized spacial score (nSPS) is 11.3. The van der Waals surface area contributed by atoms with E-state index in [1.807, 2.05) is 0 Å². The van der Waals surface area contributed by atoms with Crippen molar-refractivity contribution in [3.63, 3.8) is 0 Å². The summed E-state index contributed by atoms with van der Waals surface area (Å²) in [6.45, 7) is -0.921. The Morgan fingerprint density at radius 2 is 1.74 bits per heavy atom. The van der Waals surface area contributed by atoms with Crippen LogP contribution in [0.5, 0.6) is 0 Å². The van der Waals surface area contributed by atoms with Crippen LogP contribution in [-0.2, 0) is 14.7 Å². The Bertz CT molecular complexity index is 772. The second-order valence-electron chi connectivity index (χ2n) is 5.39. The molecule has 0 spiro atoms. The molecule has 10 heteroatoms. The molecular weight excluding hydrogens is 352 g/mol. The average Bonchev–Trinajstić information content (AvgIpc) is 2.70. The van der Waals surface area contributed by atoms with Crippen molar-refractivity contribution in [3.05, 3.63) is 54.4 Å². The van der Waals surface area contributed by atoms with Gasteiger partial charge in [-0.05, 0) is 11.6 Å². The summed E-state index contributed by atoms with van der Waals surface area (Å²) in [4.78, 5) is 44.5. The molecule has 141 valence electrons. The first-order valence-electron chi connectivity index (χ1n) is 8.07. The van der Waals surface area contributed by atoms with Gasteiger partial charge in [-0.3, -0.25) is 14.5 Å². The molecule has 1 atom stereocenters. The van der Waals surface area contributed by atoms with Gasteiger partial charge in [-0.2, -0.15) is 0 Å². The molecule has 1 aromatic heterocycles. The van der Waals surface area contributed by atoms with Crippen LogP contribution in [0.2, 0.25) is 0 Å². The number of benzene rings is 1. The van der Waals surface area contributed by atoms with Crippen molar-refractivity contribution < 1.29 is 19.5 Å². The average molecular weight is 371 g/mol. The fourth-order valence-corrected chi connectivity index (χ4v) is 2.28. The quantitative estimate of drug-likeness (QED) is 0.585. The number of amides is 4. The number of nitrogens with one attached hydrogen (secondary N) is 2. The highest BCUT2D eigenvalue weighted by Gasteiger charge is 2.23. The summed E-state index contributed by atoms with van der Waals surface area (Å²) in [5.41, 5.74) is 5.85. The minimum absolute atomic E-state index is 0.0299. The molecule has 0 bridgehead atoms. The number of hydrogen-bond acceptors (Lipinski definition) is 5. The molecule has 1 radical (unpaired) electrons. The molecular formula is C17H19N6O4. The molecule has 0 aliphatic heterocycles. The Balaban J connectivity index is 2.02. The van der Waals surface area contributed by atoms with E-state index in [4.69, 9.17) is 5.73 Å². The molecule has 1 heterocycles. The van der Waals surface area contributed by atoms with Gasteiger partial charge in [0.15, 0.2) is 6.61 Å². The summed E-state index contributed by atoms with van der Waals surface area (Å²) in [7, 11) is 0. The van der Waals surface area contributed by atoms with Gasteiger partial charge in [0, 0.05) is 25.5 Å². The highest BCUT2D eigenvalue weighted by molar-refractivity contribution is 5.90. The molecule has 2 aromatic rings. The Hall–Kier alpha value is -3.53. The van der Waals surface area contributed by atoms with Crippen molar-refractivity contribution in [2.75, 3.05) is 24.6 Å². The Morgan fingerprint density at radius 1 is 1.07 bits per heavy atom. The molecule has 1 aromatic carbocycles. The van der Waals surface area contributed by atoms with Crippen LogP contribution < -0.4 is 21.3 Å². The Kier molecular flexibility index (Phi) is 7.20. The molecule has 0 fully saturated rings. The Labute approximate surface area is 155 Å². The van der Waals surface area contributed by atoms with Gasteiger partial charge in [-0.25, -0.2) is 19.9 Å². The van der Waals surface area contributed by atoms with Crippen LogP contribution in [0.25, 0.3) is 0 Å². The van der Waals surface area contributed by atoms with Crippen LogP contribution in [0.15, 0.2) is 48.8 Å². The summed E-state index contributed by atoms with van der Waals surface area (Å²) in [6, 6.07) is 8.29. The van der Waals surface area contributed by atoms with E-state index in [2.05, 4.69) is 20.6 Å². The maximum atomic E-state index is 12.5. The first-order chi connectivity index (χ1) is 13.0. The van der Waals surface area contributed by atoms with E-state index in [-0.39, 0.29) is 19.0 Å². The number of urea groups is 1. The van der Waals surface area contributed by atoms with E-state index in [1.54, 1.807) is 36.4 Å². The highest BCUT2D eigenvalue weighted by atomic mass is 16.3. The number of primary amides is 1. The van der Waals surface area contributed by atoms with Crippen molar-refractivity contribution in [2.24, 2.45) is 5.73 Å². The maximum Gasteiger partial charge on any atom is 0.321 e. The second-order valence-corrected chi connectivity index (χ2v) is 5.39. The number of aromatic nitrogens is 2. The molecule has 27 heavy (non-hydrogen) atoms. The van der Waals surface area contributed by atoms with Gasteiger partial charge in [0.2, 0.25) is 17.8 Å². The summed E-state index contributed by atoms with van der Waals surface area (Å²) < 4.78 is 0. The number of carbonyl (C=O) groups excluding carboxylic acids is 3. The number of rotatable bonds is 8. The van der Waals surface area contributed by atoms with E-state index in [0.717, 1.165) is 4.90 Å². The zero-order valence-corrected chi connectivity index (χ0v) is 14.4. The van der Waals surface area contributed by atoms with E-state index < -0.39 is 30.5 Å². The lowest BCUT2D eigenvalue weighted by Crippen LogP contribution is -2.45. The van der Waals surface area contributed by atoms with Crippen LogP contribution in [0.3, 0.4) is 0 Å². The lowest BCUT2D eigenvalue weighted by molar-refractivity contribution is -0.131. The maximum absolute atomic E-state index is 12.5. The molecule has 0 aliphatic rings. The zero-order valence-electron chi connectivity index (χ0n) is 14.4. The van der Waals surface area contributed by atoms with Crippen molar-refractivity contribution >= 4 is 23.8 Å². The number of nitrogens with zero attached hydrogens (tertiary/aromatic N) is 3. The standard InChI is InChI=1S/C17H19N6O4/c18-16(27)23(17-20-7-4-8-21-17)10-9-19-15(26)14(22-13(25)11-24)12-5-2-1-3-6-12/h1-8,14H,9-11H2,(H2,18,27)(H,19,26)(H,22,25)/t14-/m1/s1. The van der Waals surface area contributed by atoms with Crippen molar-refractivity contribution in [1.82, 2.24) is 20.6 Å². The Morgan fingerprint density at radius 3 is 2.33 bits per heavy atom. The molecule has 2 rings (SSSR count). The van der Waals surface area contributed by atoms with Crippen molar-refractivity contribution in [2.45, 2.75) is 6.04 Å². The molecule has 4 amide bonds. The van der Waals surface area contributed by atoms with Gasteiger partial charge in [0.1, 0.15) is 6.04 Å². The van der Waals surface area contributed by atoms with Gasteiger partial charge < -0.3 is 16.4 Å². The third kappa shape index (κ3) is 5.75. The van der Waals surface area contributed by atoms with E-state index in [0.29, 0.717) is 5.56 Å². The van der Waals surface area contributed by atoms with E-state index in [9.17, 15) is 19.5 Å². The van der Waals surface area contributed by atoms with Crippen LogP contribution >= 0.6 is 0 Å². The molecule has 4 N–H and O–H groups in total. The smallest absolute Gasteiger partial charge is 0.321 e. The third-order valence-electron chi connectivity index (χ3n) is 3.53. The molecule has 10 nitrogen and oxygen atoms in total. The summed E-state index contributed by atoms with van der Waals surface area (Å²) >= 11 is 0. The zero-order chi connectivity index (χ0) is 19.6. The predicted molar refractivity (Wildman–Crippen MR) is 94.9 cm³/mol. The minimum Gasteiger partial charge on any atom is -0.352 e. The molecule has 0 saturated carbocycles. The highest BCUT2D eigenvalue weighted by Crippen LogP contribution is 2.12. The number of carbonyl (C=O) groups is 3. The summed E-state index contributed by atoms with van der Waals surface area (Å²) in [5, 5.41) is 15.7. The van der Waals surface area contributed by atoms with Gasteiger partial charge in [-0.1, -0.05) is 30.3 Å². The SMILES string of the molecule is NC(=O)N(CCNC(=O)[C@H](NC(=O)C[O])c1ccccc1)c1ncccn1. The second kappa shape index (κ2) is 9.82. The largest absolute Gasteiger partial charge is 0.352 e. The number of anilines is 1. The lowest BCUT2D eigenvalue weighted by Gasteiger charge is -2.21. The molecule has 0 unspecified atom stereocenters. The van der Waals surface area contributed by atoms with Crippen LogP contribution in [0, 0.1) is 0 Å². The van der Waals surface area contributed by atoms with E-state index in [1.165, 1.54) is 12.4 Å². The monoisotopic (exact) mass is 371 g/mol. The number of nitrogens with two attached hydrogens (primary N) is 1. The van der Waals surface area contributed by atoms with Crippen molar-refractivity contribution in [3.8, 4) is 0 Å². The van der Waals surface area contributed by atoms with Crippen LogP contribution in [0.4, 0.5) is 10.7 Å². The topological polar surface area (TPSA) is 150 Å². The van der Waals surface area contributed by atoms with E-state index >= 15 is 0 Å². The first-order valence-corrected chi connectivity index (χ1v) is 8.07. The van der Waals surface area contributed by atoms with Crippen LogP contribution in [-0.4, -0.2) is 47.5 Å². The predicted octanol–water partition coefficient (Wildman–Crippen LogP) is -0.234. The molecule has 0 aliphatic carbocycles. The third-order valence-corrected chi connectivity index (χ3v) is 3.53. The van der Waals surface area contributed by atoms with Crippen molar-refractivity contribution in [1.29, 1.82) is 0 Å². The van der Waals surface area contributed by atoms with Crippen LogP contribution in [0.1, 0.15) is 11.6 Å². The summed E-state index contributed by atoms with van der Waals surface area (Å²) in [6.07, 6.45) is 2.92. The summed E-state index contributed by atoms with van der Waals surface area (Å²) in [5.74, 6) is -1.21. The van der Waals surface area contributed by atoms with Gasteiger partial charge in [0.25, 0.3) is 0 Å². The van der Waals surface area contributed by atoms with Gasteiger partial charge >= 0.3 is 6.03 Å². The van der Waals surface area contributed by atoms with Gasteiger partial charge in [0.05, 0.1) is 0 Å². The fourth-order valence-electron chi connectivity index (χ4n) is 2.28.